The third-order valence-electron chi connectivity index (χ3n) is 3.52. The third kappa shape index (κ3) is 6.25. The van der Waals surface area contributed by atoms with Gasteiger partial charge in [-0.1, -0.05) is 6.92 Å². The summed E-state index contributed by atoms with van der Waals surface area (Å²) in [6, 6.07) is 1.00. The Hall–Kier alpha value is -0.110. The van der Waals surface area contributed by atoms with Crippen LogP contribution >= 0.6 is 24.0 Å². The fourth-order valence-electron chi connectivity index (χ4n) is 2.26. The van der Waals surface area contributed by atoms with E-state index in [2.05, 4.69) is 41.3 Å². The predicted molar refractivity (Wildman–Crippen MR) is 90.2 cm³/mol. The zero-order chi connectivity index (χ0) is 13.5. The normalized spacial score (nSPS) is 24.4. The van der Waals surface area contributed by atoms with E-state index >= 15 is 0 Å². The summed E-state index contributed by atoms with van der Waals surface area (Å²) in [4.78, 5) is 6.65. The summed E-state index contributed by atoms with van der Waals surface area (Å²) in [5, 5.41) is 6.58. The number of guanidine groups is 1. The Bertz CT molecular complexity index is 273. The molecule has 1 aliphatic rings. The van der Waals surface area contributed by atoms with E-state index in [4.69, 9.17) is 0 Å². The molecule has 0 saturated carbocycles. The molecule has 0 amide bonds. The van der Waals surface area contributed by atoms with E-state index in [1.807, 2.05) is 0 Å². The minimum atomic E-state index is -0.287. The highest BCUT2D eigenvalue weighted by atomic mass is 127. The Labute approximate surface area is 133 Å². The van der Waals surface area contributed by atoms with Gasteiger partial charge in [0.2, 0.25) is 0 Å². The van der Waals surface area contributed by atoms with E-state index in [-0.39, 0.29) is 30.7 Å². The predicted octanol–water partition coefficient (Wildman–Crippen LogP) is 1.86. The van der Waals surface area contributed by atoms with Crippen molar-refractivity contribution in [2.75, 3.05) is 33.4 Å². The van der Waals surface area contributed by atoms with Gasteiger partial charge in [-0.25, -0.2) is 0 Å². The fourth-order valence-corrected chi connectivity index (χ4v) is 2.26. The summed E-state index contributed by atoms with van der Waals surface area (Å²) < 4.78 is 12.0. The molecule has 0 radical (unpaired) electrons. The molecule has 0 bridgehead atoms. The molecule has 1 saturated heterocycles. The number of alkyl halides is 1. The van der Waals surface area contributed by atoms with Crippen LogP contribution in [0.3, 0.4) is 0 Å². The van der Waals surface area contributed by atoms with E-state index in [1.165, 1.54) is 0 Å². The van der Waals surface area contributed by atoms with E-state index in [9.17, 15) is 4.39 Å². The molecule has 0 aromatic heterocycles. The van der Waals surface area contributed by atoms with Gasteiger partial charge in [0.15, 0.2) is 5.96 Å². The lowest BCUT2D eigenvalue weighted by atomic mass is 10.1. The molecule has 114 valence electrons. The molecule has 2 unspecified atom stereocenters. The quantitative estimate of drug-likeness (QED) is 0.328. The van der Waals surface area contributed by atoms with Gasteiger partial charge in [-0.3, -0.25) is 14.3 Å². The molecule has 0 spiro atoms. The van der Waals surface area contributed by atoms with Gasteiger partial charge in [-0.15, -0.1) is 24.0 Å². The van der Waals surface area contributed by atoms with Crippen molar-refractivity contribution in [3.05, 3.63) is 0 Å². The smallest absolute Gasteiger partial charge is 0.191 e. The van der Waals surface area contributed by atoms with Crippen LogP contribution < -0.4 is 10.6 Å². The minimum absolute atomic E-state index is 0. The van der Waals surface area contributed by atoms with Crippen LogP contribution in [0, 0.1) is 5.92 Å². The molecule has 1 aliphatic heterocycles. The molecular weight excluding hydrogens is 358 g/mol. The number of likely N-dealkylation sites (tertiary alicyclic amines) is 1. The maximum absolute atomic E-state index is 12.0. The average molecular weight is 386 g/mol. The highest BCUT2D eigenvalue weighted by Crippen LogP contribution is 2.18. The molecule has 2 N–H and O–H groups in total. The lowest BCUT2D eigenvalue weighted by Gasteiger charge is -2.21. The molecule has 1 heterocycles. The van der Waals surface area contributed by atoms with Gasteiger partial charge < -0.3 is 10.6 Å². The number of hydrogen-bond acceptors (Lipinski definition) is 2. The second-order valence-corrected chi connectivity index (χ2v) is 5.32. The van der Waals surface area contributed by atoms with Crippen molar-refractivity contribution in [2.24, 2.45) is 10.9 Å². The van der Waals surface area contributed by atoms with Gasteiger partial charge in [-0.2, -0.15) is 0 Å². The van der Waals surface area contributed by atoms with Crippen LogP contribution in [-0.4, -0.2) is 56.3 Å². The third-order valence-corrected chi connectivity index (χ3v) is 3.52. The van der Waals surface area contributed by atoms with Crippen LogP contribution in [0.5, 0.6) is 0 Å². The van der Waals surface area contributed by atoms with Gasteiger partial charge in [0.05, 0.1) is 6.67 Å². The van der Waals surface area contributed by atoms with Crippen molar-refractivity contribution in [2.45, 2.75) is 39.3 Å². The Kier molecular flexibility index (Phi) is 9.68. The number of nitrogens with zero attached hydrogens (tertiary/aromatic N) is 2. The summed E-state index contributed by atoms with van der Waals surface area (Å²) in [6.07, 6.45) is 0.527. The zero-order valence-electron chi connectivity index (χ0n) is 12.4. The van der Waals surface area contributed by atoms with Gasteiger partial charge in [0, 0.05) is 38.8 Å². The first-order valence-electron chi connectivity index (χ1n) is 6.85. The summed E-state index contributed by atoms with van der Waals surface area (Å²) in [7, 11) is 1.75. The summed E-state index contributed by atoms with van der Waals surface area (Å²) in [5.74, 6) is 1.39. The fraction of sp³-hybridized carbons (Fsp3) is 0.923. The van der Waals surface area contributed by atoms with Crippen LogP contribution in [-0.2, 0) is 0 Å². The van der Waals surface area contributed by atoms with Crippen molar-refractivity contribution in [1.29, 1.82) is 0 Å². The maximum atomic E-state index is 12.0. The van der Waals surface area contributed by atoms with Crippen molar-refractivity contribution in [3.63, 3.8) is 0 Å². The highest BCUT2D eigenvalue weighted by molar-refractivity contribution is 14.0. The maximum Gasteiger partial charge on any atom is 0.191 e. The standard InChI is InChI=1S/C13H27FN4.HI/c1-10(2)18-8-11(3)12(9-18)17-13(15-4)16-7-5-6-14;/h10-12H,5-9H2,1-4H3,(H2,15,16,17);1H. The van der Waals surface area contributed by atoms with Crippen LogP contribution in [0.25, 0.3) is 0 Å². The van der Waals surface area contributed by atoms with Crippen molar-refractivity contribution in [3.8, 4) is 0 Å². The Morgan fingerprint density at radius 1 is 1.42 bits per heavy atom. The van der Waals surface area contributed by atoms with Gasteiger partial charge in [0.25, 0.3) is 0 Å². The number of hydrogen-bond donors (Lipinski definition) is 2. The minimum Gasteiger partial charge on any atom is -0.356 e. The van der Waals surface area contributed by atoms with Crippen LogP contribution in [0.2, 0.25) is 0 Å². The Balaban J connectivity index is 0.00000324. The molecule has 19 heavy (non-hydrogen) atoms. The Morgan fingerprint density at radius 3 is 2.58 bits per heavy atom. The summed E-state index contributed by atoms with van der Waals surface area (Å²) in [6.45, 7) is 9.22. The molecule has 1 rings (SSSR count). The van der Waals surface area contributed by atoms with E-state index in [1.54, 1.807) is 7.05 Å². The van der Waals surface area contributed by atoms with Crippen LogP contribution in [0.4, 0.5) is 4.39 Å². The lowest BCUT2D eigenvalue weighted by molar-refractivity contribution is 0.265. The topological polar surface area (TPSA) is 39.7 Å². The zero-order valence-corrected chi connectivity index (χ0v) is 14.8. The number of halogens is 2. The molecule has 4 nitrogen and oxygen atoms in total. The van der Waals surface area contributed by atoms with E-state index in [0.717, 1.165) is 19.0 Å². The molecule has 1 fully saturated rings. The van der Waals surface area contributed by atoms with E-state index < -0.39 is 0 Å². The molecular formula is C13H28FIN4. The molecule has 0 aromatic carbocycles. The van der Waals surface area contributed by atoms with E-state index in [0.29, 0.717) is 31.0 Å². The average Bonchev–Trinajstić information content (AvgIpc) is 2.70. The molecule has 6 heteroatoms. The molecule has 0 aliphatic carbocycles. The second kappa shape index (κ2) is 9.74. The lowest BCUT2D eigenvalue weighted by Crippen LogP contribution is -2.47. The first kappa shape index (κ1) is 18.9. The largest absolute Gasteiger partial charge is 0.356 e. The first-order chi connectivity index (χ1) is 8.58. The second-order valence-electron chi connectivity index (χ2n) is 5.32. The molecule has 0 aromatic rings. The molecule has 2 atom stereocenters. The van der Waals surface area contributed by atoms with Gasteiger partial charge in [0.1, 0.15) is 0 Å². The number of aliphatic imine (C=N–C) groups is 1. The van der Waals surface area contributed by atoms with Crippen molar-refractivity contribution in [1.82, 2.24) is 15.5 Å². The Morgan fingerprint density at radius 2 is 2.11 bits per heavy atom. The monoisotopic (exact) mass is 386 g/mol. The van der Waals surface area contributed by atoms with Crippen molar-refractivity contribution >= 4 is 29.9 Å². The number of nitrogens with one attached hydrogen (secondary N) is 2. The summed E-state index contributed by atoms with van der Waals surface area (Å²) in [5.41, 5.74) is 0. The van der Waals surface area contributed by atoms with Gasteiger partial charge in [-0.05, 0) is 26.2 Å². The van der Waals surface area contributed by atoms with Crippen LogP contribution in [0.15, 0.2) is 4.99 Å². The number of rotatable bonds is 5. The van der Waals surface area contributed by atoms with Crippen molar-refractivity contribution < 1.29 is 4.39 Å². The summed E-state index contributed by atoms with van der Waals surface area (Å²) >= 11 is 0. The highest BCUT2D eigenvalue weighted by Gasteiger charge is 2.31. The SMILES string of the molecule is CN=C(NCCCF)NC1CN(C(C)C)CC1C.I. The van der Waals surface area contributed by atoms with Gasteiger partial charge >= 0.3 is 0 Å². The first-order valence-corrected chi connectivity index (χ1v) is 6.85. The van der Waals surface area contributed by atoms with Crippen LogP contribution in [0.1, 0.15) is 27.2 Å².